The number of hydrogen-bond acceptors (Lipinski definition) is 3. The highest BCUT2D eigenvalue weighted by Gasteiger charge is 2.38. The second kappa shape index (κ2) is 4.76. The van der Waals surface area contributed by atoms with Crippen LogP contribution in [0.15, 0.2) is 18.5 Å². The van der Waals surface area contributed by atoms with Crippen LogP contribution in [0.3, 0.4) is 0 Å². The van der Waals surface area contributed by atoms with Gasteiger partial charge in [0.15, 0.2) is 5.78 Å². The number of pyridine rings is 1. The number of nitrogens with one attached hydrogen (secondary N) is 1. The molecule has 3 rings (SSSR count). The van der Waals surface area contributed by atoms with Crippen molar-refractivity contribution < 1.29 is 9.18 Å². The lowest BCUT2D eigenvalue weighted by Gasteiger charge is -2.24. The maximum Gasteiger partial charge on any atom is 0.181 e. The third kappa shape index (κ3) is 2.17. The molecular formula is C14H17FN2O. The van der Waals surface area contributed by atoms with E-state index >= 15 is 0 Å². The van der Waals surface area contributed by atoms with Crippen LogP contribution >= 0.6 is 0 Å². The Morgan fingerprint density at radius 2 is 2.17 bits per heavy atom. The molecule has 0 spiro atoms. The lowest BCUT2D eigenvalue weighted by Crippen LogP contribution is -2.37. The fraction of sp³-hybridized carbons (Fsp3) is 0.571. The number of carbonyl (C=O) groups is 1. The van der Waals surface area contributed by atoms with Crippen LogP contribution in [0, 0.1) is 11.7 Å². The number of nitrogens with zero attached hydrogens (tertiary/aromatic N) is 1. The summed E-state index contributed by atoms with van der Waals surface area (Å²) in [6, 6.07) is 1.61. The Bertz CT molecular complexity index is 449. The van der Waals surface area contributed by atoms with E-state index in [4.69, 9.17) is 0 Å². The van der Waals surface area contributed by atoms with Crippen molar-refractivity contribution in [2.24, 2.45) is 5.92 Å². The molecule has 3 nitrogen and oxygen atoms in total. The lowest BCUT2D eigenvalue weighted by atomic mass is 9.84. The average molecular weight is 248 g/mol. The number of halogens is 1. The van der Waals surface area contributed by atoms with Crippen molar-refractivity contribution in [3.63, 3.8) is 0 Å². The van der Waals surface area contributed by atoms with Crippen LogP contribution in [0.1, 0.15) is 42.5 Å². The predicted octanol–water partition coefficient (Wildman–Crippen LogP) is 2.32. The quantitative estimate of drug-likeness (QED) is 0.817. The lowest BCUT2D eigenvalue weighted by molar-refractivity contribution is 0.0948. The van der Waals surface area contributed by atoms with Gasteiger partial charge in [-0.1, -0.05) is 12.8 Å². The summed E-state index contributed by atoms with van der Waals surface area (Å²) in [6.07, 6.45) is 8.36. The zero-order valence-corrected chi connectivity index (χ0v) is 10.2. The largest absolute Gasteiger partial charge is 0.304 e. The van der Waals surface area contributed by atoms with Gasteiger partial charge in [-0.05, 0) is 31.2 Å². The molecule has 4 heteroatoms. The molecule has 2 fully saturated rings. The van der Waals surface area contributed by atoms with Gasteiger partial charge in [0.05, 0.1) is 12.2 Å². The average Bonchev–Trinajstić information content (AvgIpc) is 2.81. The Morgan fingerprint density at radius 3 is 2.94 bits per heavy atom. The molecule has 1 aromatic heterocycles. The third-order valence-electron chi connectivity index (χ3n) is 4.17. The van der Waals surface area contributed by atoms with Crippen LogP contribution in [-0.2, 0) is 0 Å². The second-order valence-electron chi connectivity index (χ2n) is 5.36. The van der Waals surface area contributed by atoms with Gasteiger partial charge in [0.25, 0.3) is 0 Å². The summed E-state index contributed by atoms with van der Waals surface area (Å²) in [4.78, 5) is 16.0. The van der Waals surface area contributed by atoms with Crippen molar-refractivity contribution in [2.45, 2.75) is 44.2 Å². The first-order chi connectivity index (χ1) is 8.74. The summed E-state index contributed by atoms with van der Waals surface area (Å²) in [5, 5.41) is 3.41. The number of rotatable bonds is 2. The van der Waals surface area contributed by atoms with E-state index in [0.29, 0.717) is 17.5 Å². The number of fused-ring (bicyclic) bond motifs is 1. The van der Waals surface area contributed by atoms with Crippen molar-refractivity contribution >= 4 is 5.78 Å². The highest BCUT2D eigenvalue weighted by Crippen LogP contribution is 2.34. The molecule has 1 saturated carbocycles. The van der Waals surface area contributed by atoms with Gasteiger partial charge in [-0.25, -0.2) is 4.39 Å². The van der Waals surface area contributed by atoms with Crippen molar-refractivity contribution in [2.75, 3.05) is 0 Å². The fourth-order valence-electron chi connectivity index (χ4n) is 3.27. The maximum atomic E-state index is 13.1. The van der Waals surface area contributed by atoms with Crippen molar-refractivity contribution in [1.82, 2.24) is 10.3 Å². The first-order valence-corrected chi connectivity index (χ1v) is 6.65. The number of Topliss-reactive ketones (excluding diaryl/α,β-unsaturated/α-hetero) is 1. The van der Waals surface area contributed by atoms with E-state index in [1.807, 2.05) is 0 Å². The molecule has 1 N–H and O–H groups in total. The van der Waals surface area contributed by atoms with E-state index in [2.05, 4.69) is 10.3 Å². The molecule has 1 aliphatic heterocycles. The minimum absolute atomic E-state index is 0.0172. The zero-order chi connectivity index (χ0) is 12.5. The standard InChI is InChI=1S/C14H17FN2O/c15-11-5-10(7-16-8-11)14(18)13-6-9-3-1-2-4-12(9)17-13/h5,7-9,12-13,17H,1-4,6H2. The summed E-state index contributed by atoms with van der Waals surface area (Å²) in [5.41, 5.74) is 0.381. The van der Waals surface area contributed by atoms with E-state index in [9.17, 15) is 9.18 Å². The molecule has 96 valence electrons. The normalized spacial score (nSPS) is 31.1. The Kier molecular flexibility index (Phi) is 3.12. The van der Waals surface area contributed by atoms with Gasteiger partial charge >= 0.3 is 0 Å². The van der Waals surface area contributed by atoms with Crippen LogP contribution in [-0.4, -0.2) is 22.9 Å². The summed E-state index contributed by atoms with van der Waals surface area (Å²) >= 11 is 0. The summed E-state index contributed by atoms with van der Waals surface area (Å²) in [5.74, 6) is 0.155. The van der Waals surface area contributed by atoms with E-state index < -0.39 is 5.82 Å². The van der Waals surface area contributed by atoms with Crippen LogP contribution in [0.4, 0.5) is 4.39 Å². The molecule has 0 amide bonds. The number of hydrogen-bond donors (Lipinski definition) is 1. The second-order valence-corrected chi connectivity index (χ2v) is 5.36. The first-order valence-electron chi connectivity index (χ1n) is 6.65. The predicted molar refractivity (Wildman–Crippen MR) is 65.8 cm³/mol. The van der Waals surface area contributed by atoms with Crippen molar-refractivity contribution in [3.05, 3.63) is 29.8 Å². The minimum Gasteiger partial charge on any atom is -0.304 e. The number of ketones is 1. The SMILES string of the molecule is O=C(c1cncc(F)c1)C1CC2CCCCC2N1. The van der Waals surface area contributed by atoms with Crippen molar-refractivity contribution in [3.8, 4) is 0 Å². The van der Waals surface area contributed by atoms with Gasteiger partial charge in [0, 0.05) is 17.8 Å². The van der Waals surface area contributed by atoms with Crippen LogP contribution in [0.2, 0.25) is 0 Å². The molecule has 3 atom stereocenters. The third-order valence-corrected chi connectivity index (χ3v) is 4.17. The van der Waals surface area contributed by atoms with Gasteiger partial charge in [-0.2, -0.15) is 0 Å². The Hall–Kier alpha value is -1.29. The molecule has 3 unspecified atom stereocenters. The van der Waals surface area contributed by atoms with Gasteiger partial charge in [0.1, 0.15) is 5.82 Å². The van der Waals surface area contributed by atoms with E-state index in [-0.39, 0.29) is 11.8 Å². The summed E-state index contributed by atoms with van der Waals surface area (Å²) in [7, 11) is 0. The molecular weight excluding hydrogens is 231 g/mol. The van der Waals surface area contributed by atoms with Gasteiger partial charge in [-0.15, -0.1) is 0 Å². The van der Waals surface area contributed by atoms with E-state index in [0.717, 1.165) is 19.0 Å². The Morgan fingerprint density at radius 1 is 1.33 bits per heavy atom. The molecule has 0 radical (unpaired) electrons. The van der Waals surface area contributed by atoms with Crippen LogP contribution in [0.25, 0.3) is 0 Å². The maximum absolute atomic E-state index is 13.1. The van der Waals surface area contributed by atoms with Crippen LogP contribution < -0.4 is 5.32 Å². The highest BCUT2D eigenvalue weighted by atomic mass is 19.1. The van der Waals surface area contributed by atoms with Gasteiger partial charge < -0.3 is 5.32 Å². The topological polar surface area (TPSA) is 42.0 Å². The van der Waals surface area contributed by atoms with E-state index in [1.165, 1.54) is 31.5 Å². The Balaban J connectivity index is 1.74. The molecule has 2 heterocycles. The summed E-state index contributed by atoms with van der Waals surface area (Å²) in [6.45, 7) is 0. The molecule has 1 aliphatic carbocycles. The molecule has 0 aromatic carbocycles. The minimum atomic E-state index is -0.448. The zero-order valence-electron chi connectivity index (χ0n) is 10.2. The number of carbonyl (C=O) groups excluding carboxylic acids is 1. The van der Waals surface area contributed by atoms with Gasteiger partial charge in [-0.3, -0.25) is 9.78 Å². The molecule has 0 bridgehead atoms. The molecule has 2 aliphatic rings. The van der Waals surface area contributed by atoms with Crippen LogP contribution in [0.5, 0.6) is 0 Å². The first kappa shape index (κ1) is 11.8. The van der Waals surface area contributed by atoms with Crippen molar-refractivity contribution in [1.29, 1.82) is 0 Å². The summed E-state index contributed by atoms with van der Waals surface area (Å²) < 4.78 is 13.1. The van der Waals surface area contributed by atoms with Gasteiger partial charge in [0.2, 0.25) is 0 Å². The van der Waals surface area contributed by atoms with E-state index in [1.54, 1.807) is 0 Å². The smallest absolute Gasteiger partial charge is 0.181 e. The molecule has 18 heavy (non-hydrogen) atoms. The number of aromatic nitrogens is 1. The Labute approximate surface area is 106 Å². The fourth-order valence-corrected chi connectivity index (χ4v) is 3.27. The highest BCUT2D eigenvalue weighted by molar-refractivity contribution is 6.00. The molecule has 1 aromatic rings. The monoisotopic (exact) mass is 248 g/mol. The molecule has 1 saturated heterocycles.